The summed E-state index contributed by atoms with van der Waals surface area (Å²) in [6.45, 7) is 8.83. The molecule has 0 aliphatic carbocycles. The zero-order chi connectivity index (χ0) is 11.4. The summed E-state index contributed by atoms with van der Waals surface area (Å²) in [5, 5.41) is 0. The number of fused-ring (bicyclic) bond motifs is 2. The molecule has 86 valence electrons. The Bertz CT molecular complexity index is 290. The van der Waals surface area contributed by atoms with E-state index in [0.29, 0.717) is 0 Å². The van der Waals surface area contributed by atoms with Gasteiger partial charge in [0.1, 0.15) is 12.1 Å². The molecule has 2 atom stereocenters. The van der Waals surface area contributed by atoms with Gasteiger partial charge < -0.3 is 4.74 Å². The van der Waals surface area contributed by atoms with Crippen LogP contribution in [0.3, 0.4) is 0 Å². The van der Waals surface area contributed by atoms with E-state index in [-0.39, 0.29) is 29.1 Å². The van der Waals surface area contributed by atoms with Crippen LogP contribution in [-0.4, -0.2) is 35.6 Å². The predicted octanol–water partition coefficient (Wildman–Crippen LogP) is 1.81. The van der Waals surface area contributed by atoms with Crippen molar-refractivity contribution < 1.29 is 9.53 Å². The summed E-state index contributed by atoms with van der Waals surface area (Å²) in [5.74, 6) is -0.0386. The second-order valence-corrected chi connectivity index (χ2v) is 6.27. The van der Waals surface area contributed by atoms with E-state index in [2.05, 4.69) is 32.6 Å². The van der Waals surface area contributed by atoms with Crippen LogP contribution in [0.4, 0.5) is 0 Å². The van der Waals surface area contributed by atoms with Gasteiger partial charge in [-0.1, -0.05) is 13.8 Å². The van der Waals surface area contributed by atoms with Crippen molar-refractivity contribution in [3.05, 3.63) is 0 Å². The Kier molecular flexibility index (Phi) is 2.16. The third kappa shape index (κ3) is 1.57. The van der Waals surface area contributed by atoms with Crippen molar-refractivity contribution in [1.82, 2.24) is 4.90 Å². The van der Waals surface area contributed by atoms with Gasteiger partial charge in [0.15, 0.2) is 0 Å². The molecule has 2 rings (SSSR count). The number of carbonyl (C=O) groups excluding carboxylic acids is 1. The van der Waals surface area contributed by atoms with Crippen LogP contribution in [0, 0.1) is 5.41 Å². The molecule has 3 heteroatoms. The fourth-order valence-corrected chi connectivity index (χ4v) is 3.14. The summed E-state index contributed by atoms with van der Waals surface area (Å²) < 4.78 is 5.46. The van der Waals surface area contributed by atoms with E-state index < -0.39 is 0 Å². The van der Waals surface area contributed by atoms with Gasteiger partial charge in [-0.05, 0) is 27.3 Å². The maximum absolute atomic E-state index is 11.7. The number of likely N-dealkylation sites (tertiary alicyclic amines) is 1. The van der Waals surface area contributed by atoms with Gasteiger partial charge in [0.25, 0.3) is 0 Å². The molecule has 0 N–H and O–H groups in total. The van der Waals surface area contributed by atoms with Crippen molar-refractivity contribution in [3.8, 4) is 0 Å². The third-order valence-corrected chi connectivity index (χ3v) is 4.15. The van der Waals surface area contributed by atoms with E-state index in [9.17, 15) is 4.79 Å². The molecule has 0 aromatic carbocycles. The average Bonchev–Trinajstić information content (AvgIpc) is 2.41. The summed E-state index contributed by atoms with van der Waals surface area (Å²) >= 11 is 0. The number of esters is 1. The second kappa shape index (κ2) is 2.97. The van der Waals surface area contributed by atoms with Gasteiger partial charge in [0.2, 0.25) is 0 Å². The van der Waals surface area contributed by atoms with Gasteiger partial charge in [0.05, 0.1) is 0 Å². The quantitative estimate of drug-likeness (QED) is 0.572. The summed E-state index contributed by atoms with van der Waals surface area (Å²) in [6, 6.07) is -0.0354. The van der Waals surface area contributed by atoms with Crippen LogP contribution in [0.15, 0.2) is 0 Å². The molecule has 0 radical (unpaired) electrons. The van der Waals surface area contributed by atoms with Crippen molar-refractivity contribution in [2.45, 2.75) is 58.2 Å². The highest BCUT2D eigenvalue weighted by Gasteiger charge is 2.52. The molecule has 0 saturated carbocycles. The molecule has 0 aromatic rings. The Labute approximate surface area is 91.8 Å². The smallest absolute Gasteiger partial charge is 0.323 e. The largest absolute Gasteiger partial charge is 0.461 e. The summed E-state index contributed by atoms with van der Waals surface area (Å²) in [5.41, 5.74) is 0.154. The first-order valence-electron chi connectivity index (χ1n) is 5.67. The van der Waals surface area contributed by atoms with Crippen LogP contribution < -0.4 is 0 Å². The second-order valence-electron chi connectivity index (χ2n) is 6.27. The number of carbonyl (C=O) groups is 1. The molecule has 2 unspecified atom stereocenters. The Balaban J connectivity index is 2.38. The van der Waals surface area contributed by atoms with Crippen molar-refractivity contribution >= 4 is 5.97 Å². The fourth-order valence-electron chi connectivity index (χ4n) is 3.14. The maximum Gasteiger partial charge on any atom is 0.323 e. The Morgan fingerprint density at radius 1 is 1.33 bits per heavy atom. The third-order valence-electron chi connectivity index (χ3n) is 4.15. The lowest BCUT2D eigenvalue weighted by atomic mass is 9.76. The molecule has 2 saturated heterocycles. The van der Waals surface area contributed by atoms with Crippen LogP contribution in [0.1, 0.15) is 40.5 Å². The molecule has 2 bridgehead atoms. The van der Waals surface area contributed by atoms with Crippen LogP contribution in [-0.2, 0) is 9.53 Å². The number of hydrogen-bond donors (Lipinski definition) is 0. The van der Waals surface area contributed by atoms with Gasteiger partial charge in [-0.15, -0.1) is 0 Å². The minimum atomic E-state index is -0.0386. The lowest BCUT2D eigenvalue weighted by Gasteiger charge is -2.42. The molecule has 0 amide bonds. The zero-order valence-corrected chi connectivity index (χ0v) is 10.3. The SMILES string of the molecule is CN1C2CC(OC2=O)C(C)(C)CC1(C)C. The number of hydrogen-bond acceptors (Lipinski definition) is 3. The highest BCUT2D eigenvalue weighted by Crippen LogP contribution is 2.45. The van der Waals surface area contributed by atoms with Crippen molar-refractivity contribution in [3.63, 3.8) is 0 Å². The van der Waals surface area contributed by atoms with E-state index >= 15 is 0 Å². The molecule has 15 heavy (non-hydrogen) atoms. The average molecular weight is 211 g/mol. The first-order chi connectivity index (χ1) is 6.74. The number of ether oxygens (including phenoxy) is 1. The summed E-state index contributed by atoms with van der Waals surface area (Å²) in [6.07, 6.45) is 2.01. The number of nitrogens with zero attached hydrogens (tertiary/aromatic N) is 1. The van der Waals surface area contributed by atoms with Crippen LogP contribution >= 0.6 is 0 Å². The molecule has 2 aliphatic heterocycles. The maximum atomic E-state index is 11.7. The highest BCUT2D eigenvalue weighted by molar-refractivity contribution is 5.78. The lowest BCUT2D eigenvalue weighted by Crippen LogP contribution is -2.50. The number of rotatable bonds is 0. The van der Waals surface area contributed by atoms with Gasteiger partial charge >= 0.3 is 5.97 Å². The van der Waals surface area contributed by atoms with Crippen LogP contribution in [0.2, 0.25) is 0 Å². The van der Waals surface area contributed by atoms with Gasteiger partial charge in [0, 0.05) is 17.4 Å². The molecule has 2 heterocycles. The van der Waals surface area contributed by atoms with Crippen molar-refractivity contribution in [2.75, 3.05) is 7.05 Å². The Morgan fingerprint density at radius 2 is 1.93 bits per heavy atom. The van der Waals surface area contributed by atoms with Gasteiger partial charge in [-0.25, -0.2) is 0 Å². The summed E-state index contributed by atoms with van der Waals surface area (Å²) in [4.78, 5) is 13.9. The monoisotopic (exact) mass is 211 g/mol. The van der Waals surface area contributed by atoms with Crippen molar-refractivity contribution in [2.24, 2.45) is 5.41 Å². The normalized spacial score (nSPS) is 38.6. The standard InChI is InChI=1S/C12H21NO2/c1-11(2)7-12(3,4)13(5)8-6-9(11)15-10(8)14/h8-9H,6-7H2,1-5H3. The highest BCUT2D eigenvalue weighted by atomic mass is 16.6. The van der Waals surface area contributed by atoms with E-state index in [1.165, 1.54) is 0 Å². The molecule has 2 aliphatic rings. The van der Waals surface area contributed by atoms with Crippen LogP contribution in [0.25, 0.3) is 0 Å². The first-order valence-corrected chi connectivity index (χ1v) is 5.67. The first kappa shape index (κ1) is 10.9. The molecule has 3 nitrogen and oxygen atoms in total. The van der Waals surface area contributed by atoms with E-state index in [4.69, 9.17) is 4.74 Å². The lowest BCUT2D eigenvalue weighted by molar-refractivity contribution is -0.154. The van der Waals surface area contributed by atoms with Crippen molar-refractivity contribution in [1.29, 1.82) is 0 Å². The Hall–Kier alpha value is -0.570. The Morgan fingerprint density at radius 3 is 2.53 bits per heavy atom. The van der Waals surface area contributed by atoms with Crippen LogP contribution in [0.5, 0.6) is 0 Å². The number of likely N-dealkylation sites (N-methyl/N-ethyl adjacent to an activating group) is 1. The zero-order valence-electron chi connectivity index (χ0n) is 10.3. The molecule has 2 fully saturated rings. The minimum Gasteiger partial charge on any atom is -0.461 e. The molecular formula is C12H21NO2. The summed E-state index contributed by atoms with van der Waals surface area (Å²) in [7, 11) is 2.04. The van der Waals surface area contributed by atoms with E-state index in [1.54, 1.807) is 0 Å². The molecular weight excluding hydrogens is 190 g/mol. The molecule has 0 aromatic heterocycles. The fraction of sp³-hybridized carbons (Fsp3) is 0.917. The van der Waals surface area contributed by atoms with E-state index in [0.717, 1.165) is 12.8 Å². The predicted molar refractivity (Wildman–Crippen MR) is 58.5 cm³/mol. The topological polar surface area (TPSA) is 29.5 Å². The minimum absolute atomic E-state index is 0.0354. The molecule has 0 spiro atoms. The van der Waals surface area contributed by atoms with Gasteiger partial charge in [-0.3, -0.25) is 9.69 Å². The van der Waals surface area contributed by atoms with E-state index in [1.807, 2.05) is 7.05 Å². The van der Waals surface area contributed by atoms with Gasteiger partial charge in [-0.2, -0.15) is 0 Å².